The van der Waals surface area contributed by atoms with Crippen molar-refractivity contribution in [1.82, 2.24) is 0 Å². The summed E-state index contributed by atoms with van der Waals surface area (Å²) >= 11 is 9.84. The topological polar surface area (TPSA) is 0 Å². The van der Waals surface area contributed by atoms with Gasteiger partial charge in [0.1, 0.15) is 0 Å². The summed E-state index contributed by atoms with van der Waals surface area (Å²) in [6.07, 6.45) is 34.0. The van der Waals surface area contributed by atoms with Crippen LogP contribution in [-0.4, -0.2) is 11.5 Å². The Morgan fingerprint density at radius 2 is 0.452 bits per heavy atom. The van der Waals surface area contributed by atoms with Gasteiger partial charge in [0.25, 0.3) is 0 Å². The van der Waals surface area contributed by atoms with Gasteiger partial charge in [0.05, 0.1) is 0 Å². The number of rotatable bonds is 24. The average molecular weight is 654 g/mol. The van der Waals surface area contributed by atoms with Crippen molar-refractivity contribution in [3.05, 3.63) is 0 Å². The number of hydrogen-bond donors (Lipinski definition) is 0. The molecule has 0 rings (SSSR count). The molecule has 0 aliphatic rings. The van der Waals surface area contributed by atoms with E-state index in [1.165, 1.54) is 154 Å². The first kappa shape index (κ1) is 36.9. The van der Waals surface area contributed by atoms with Crippen molar-refractivity contribution in [3.63, 3.8) is 0 Å². The molecule has 31 heavy (non-hydrogen) atoms. The molecule has 0 spiro atoms. The van der Waals surface area contributed by atoms with Gasteiger partial charge in [0, 0.05) is 0 Å². The molecule has 0 aromatic heterocycles. The minimum atomic E-state index is 0. The van der Waals surface area contributed by atoms with Gasteiger partial charge >= 0.3 is 21.1 Å². The summed E-state index contributed by atoms with van der Waals surface area (Å²) in [5.74, 6) is 1.91. The Balaban J connectivity index is -0.000000490. The van der Waals surface area contributed by atoms with Gasteiger partial charge in [-0.2, -0.15) is 11.5 Å². The molecule has 0 N–H and O–H groups in total. The van der Waals surface area contributed by atoms with Crippen LogP contribution >= 0.6 is 0 Å². The second-order valence-electron chi connectivity index (χ2n) is 9.19. The predicted octanol–water partition coefficient (Wildman–Crippen LogP) is 10.5. The van der Waals surface area contributed by atoms with Crippen LogP contribution < -0.4 is 0 Å². The van der Waals surface area contributed by atoms with Crippen LogP contribution in [-0.2, 0) is 46.3 Å². The second kappa shape index (κ2) is 38.6. The maximum atomic E-state index is 4.92. The Hall–Kier alpha value is 1.39. The minimum absolute atomic E-state index is 0. The molecule has 0 fully saturated rings. The maximum Gasteiger partial charge on any atom is 2.00 e. The van der Waals surface area contributed by atoms with Crippen molar-refractivity contribution < 1.29 is 21.1 Å². The molecule has 0 atom stereocenters. The van der Waals surface area contributed by atoms with Crippen LogP contribution in [0.2, 0.25) is 0 Å². The standard InChI is InChI=1S/2C14H30S.Pt/c2*1-2-3-4-5-6-7-8-9-10-11-12-13-14-15;/h2*15H,2-14H2,1H3;/q;;+2/p-2. The van der Waals surface area contributed by atoms with E-state index in [1.807, 2.05) is 0 Å². The molecular formula is C28H58PtS2. The molecular weight excluding hydrogens is 596 g/mol. The van der Waals surface area contributed by atoms with E-state index in [0.717, 1.165) is 11.5 Å². The van der Waals surface area contributed by atoms with Gasteiger partial charge in [-0.05, 0) is 0 Å². The molecule has 0 nitrogen and oxygen atoms in total. The van der Waals surface area contributed by atoms with Gasteiger partial charge in [0.2, 0.25) is 0 Å². The molecule has 0 unspecified atom stereocenters. The summed E-state index contributed by atoms with van der Waals surface area (Å²) in [5, 5.41) is 0. The van der Waals surface area contributed by atoms with Crippen molar-refractivity contribution in [3.8, 4) is 0 Å². The molecule has 0 heterocycles. The number of unbranched alkanes of at least 4 members (excludes halogenated alkanes) is 22. The predicted molar refractivity (Wildman–Crippen MR) is 147 cm³/mol. The minimum Gasteiger partial charge on any atom is -0.793 e. The van der Waals surface area contributed by atoms with Crippen molar-refractivity contribution in [2.24, 2.45) is 0 Å². The van der Waals surface area contributed by atoms with Gasteiger partial charge in [0.15, 0.2) is 0 Å². The molecule has 0 aliphatic heterocycles. The van der Waals surface area contributed by atoms with E-state index in [4.69, 9.17) is 25.3 Å². The first-order valence-corrected chi connectivity index (χ1v) is 15.1. The summed E-state index contributed by atoms with van der Waals surface area (Å²) in [6.45, 7) is 4.56. The van der Waals surface area contributed by atoms with Crippen molar-refractivity contribution in [2.45, 2.75) is 168 Å². The zero-order chi connectivity index (χ0) is 22.4. The Bertz CT molecular complexity index is 211. The molecule has 0 saturated carbocycles. The van der Waals surface area contributed by atoms with Crippen LogP contribution in [0.4, 0.5) is 0 Å². The quantitative estimate of drug-likeness (QED) is 0.0751. The van der Waals surface area contributed by atoms with Gasteiger partial charge in [-0.3, -0.25) is 0 Å². The van der Waals surface area contributed by atoms with Crippen LogP contribution in [0.25, 0.3) is 0 Å². The zero-order valence-electron chi connectivity index (χ0n) is 21.5. The third-order valence-corrected chi connectivity index (χ3v) is 6.57. The van der Waals surface area contributed by atoms with E-state index in [0.29, 0.717) is 0 Å². The molecule has 0 radical (unpaired) electrons. The Kier molecular flexibility index (Phi) is 46.1. The smallest absolute Gasteiger partial charge is 0.793 e. The Morgan fingerprint density at radius 1 is 0.290 bits per heavy atom. The average Bonchev–Trinajstić information content (AvgIpc) is 2.76. The number of hydrogen-bond acceptors (Lipinski definition) is 2. The Morgan fingerprint density at radius 3 is 0.613 bits per heavy atom. The van der Waals surface area contributed by atoms with Crippen molar-refractivity contribution >= 4 is 25.3 Å². The zero-order valence-corrected chi connectivity index (χ0v) is 25.4. The van der Waals surface area contributed by atoms with Gasteiger partial charge in [-0.15, -0.1) is 0 Å². The molecule has 0 aliphatic carbocycles. The van der Waals surface area contributed by atoms with Crippen molar-refractivity contribution in [1.29, 1.82) is 0 Å². The van der Waals surface area contributed by atoms with E-state index in [-0.39, 0.29) is 21.1 Å². The maximum absolute atomic E-state index is 4.92. The third kappa shape index (κ3) is 42.1. The summed E-state index contributed by atoms with van der Waals surface area (Å²) in [4.78, 5) is 0. The van der Waals surface area contributed by atoms with E-state index in [2.05, 4.69) is 13.8 Å². The van der Waals surface area contributed by atoms with E-state index >= 15 is 0 Å². The monoisotopic (exact) mass is 653 g/mol. The molecule has 0 bridgehead atoms. The van der Waals surface area contributed by atoms with Gasteiger partial charge < -0.3 is 25.3 Å². The van der Waals surface area contributed by atoms with Crippen LogP contribution in [0, 0.1) is 0 Å². The van der Waals surface area contributed by atoms with E-state index in [9.17, 15) is 0 Å². The fourth-order valence-corrected chi connectivity index (χ4v) is 4.29. The fourth-order valence-electron chi connectivity index (χ4n) is 3.89. The first-order chi connectivity index (χ1) is 14.8. The molecule has 0 aromatic carbocycles. The summed E-state index contributed by atoms with van der Waals surface area (Å²) in [6, 6.07) is 0. The largest absolute Gasteiger partial charge is 2.00 e. The molecule has 3 heteroatoms. The van der Waals surface area contributed by atoms with Crippen LogP contribution in [0.1, 0.15) is 168 Å². The summed E-state index contributed by atoms with van der Waals surface area (Å²) < 4.78 is 0. The van der Waals surface area contributed by atoms with Crippen molar-refractivity contribution in [2.75, 3.05) is 11.5 Å². The molecule has 0 saturated heterocycles. The van der Waals surface area contributed by atoms with Crippen LogP contribution in [0.3, 0.4) is 0 Å². The first-order valence-electron chi connectivity index (χ1n) is 14.0. The SMILES string of the molecule is CCCCCCCCCCCCCC[S-].CCCCCCCCCCCCCC[S-].[Pt+2]. The van der Waals surface area contributed by atoms with E-state index in [1.54, 1.807) is 0 Å². The summed E-state index contributed by atoms with van der Waals surface area (Å²) in [7, 11) is 0. The molecule has 0 amide bonds. The second-order valence-corrected chi connectivity index (χ2v) is 10.0. The Labute approximate surface area is 224 Å². The van der Waals surface area contributed by atoms with Gasteiger partial charge in [-0.25, -0.2) is 0 Å². The van der Waals surface area contributed by atoms with Crippen LogP contribution in [0.15, 0.2) is 0 Å². The fraction of sp³-hybridized carbons (Fsp3) is 1.00. The van der Waals surface area contributed by atoms with Crippen LogP contribution in [0.5, 0.6) is 0 Å². The molecule has 0 aromatic rings. The van der Waals surface area contributed by atoms with E-state index < -0.39 is 0 Å². The normalized spacial score (nSPS) is 10.5. The third-order valence-electron chi connectivity index (χ3n) is 6.00. The molecule has 192 valence electrons. The van der Waals surface area contributed by atoms with Gasteiger partial charge in [-0.1, -0.05) is 168 Å². The summed E-state index contributed by atoms with van der Waals surface area (Å²) in [5.41, 5.74) is 0.